The molecule has 0 radical (unpaired) electrons. The third-order valence-corrected chi connectivity index (χ3v) is 5.11. The molecule has 0 fully saturated rings. The lowest BCUT2D eigenvalue weighted by molar-refractivity contribution is -0.384. The molecule has 0 unspecified atom stereocenters. The van der Waals surface area contributed by atoms with E-state index < -0.39 is 16.7 Å². The number of nitrogens with one attached hydrogen (secondary N) is 3. The Morgan fingerprint density at radius 2 is 1.79 bits per heavy atom. The quantitative estimate of drug-likeness (QED) is 0.286. The molecule has 3 aromatic carbocycles. The SMILES string of the molecule is CCOc1ccc(NC(=O)CNC(=O)c2ccc(NCc3ccccc3Cl)c([N+](=O)[O-])c2)cc1. The maximum atomic E-state index is 12.5. The number of benzene rings is 3. The number of amides is 2. The average molecular weight is 483 g/mol. The Bertz CT molecular complexity index is 1180. The first-order chi connectivity index (χ1) is 16.4. The summed E-state index contributed by atoms with van der Waals surface area (Å²) in [5.41, 5.74) is 1.36. The second-order valence-electron chi connectivity index (χ2n) is 7.12. The summed E-state index contributed by atoms with van der Waals surface area (Å²) in [6.07, 6.45) is 0. The van der Waals surface area contributed by atoms with Gasteiger partial charge in [0.25, 0.3) is 11.6 Å². The lowest BCUT2D eigenvalue weighted by Gasteiger charge is -2.11. The van der Waals surface area contributed by atoms with Gasteiger partial charge in [-0.05, 0) is 55.0 Å². The van der Waals surface area contributed by atoms with Crippen LogP contribution in [-0.2, 0) is 11.3 Å². The van der Waals surface area contributed by atoms with Crippen LogP contribution in [0.3, 0.4) is 0 Å². The van der Waals surface area contributed by atoms with Gasteiger partial charge in [0.15, 0.2) is 0 Å². The molecule has 0 saturated heterocycles. The second kappa shape index (κ2) is 11.7. The van der Waals surface area contributed by atoms with E-state index in [9.17, 15) is 19.7 Å². The van der Waals surface area contributed by atoms with Crippen molar-refractivity contribution in [3.05, 3.63) is 93.0 Å². The molecule has 0 saturated carbocycles. The molecule has 3 N–H and O–H groups in total. The third-order valence-electron chi connectivity index (χ3n) is 4.74. The molecule has 0 aliphatic heterocycles. The summed E-state index contributed by atoms with van der Waals surface area (Å²) in [7, 11) is 0. The molecule has 2 amide bonds. The van der Waals surface area contributed by atoms with Crippen molar-refractivity contribution < 1.29 is 19.2 Å². The Balaban J connectivity index is 1.59. The van der Waals surface area contributed by atoms with Crippen LogP contribution in [0.15, 0.2) is 66.7 Å². The number of nitro benzene ring substituents is 1. The Hall–Kier alpha value is -4.11. The van der Waals surface area contributed by atoms with Crippen LogP contribution in [0.5, 0.6) is 5.75 Å². The highest BCUT2D eigenvalue weighted by Gasteiger charge is 2.18. The molecule has 0 heterocycles. The van der Waals surface area contributed by atoms with Crippen LogP contribution in [0.2, 0.25) is 5.02 Å². The second-order valence-corrected chi connectivity index (χ2v) is 7.53. The maximum Gasteiger partial charge on any atom is 0.293 e. The lowest BCUT2D eigenvalue weighted by atomic mass is 10.1. The van der Waals surface area contributed by atoms with Gasteiger partial charge >= 0.3 is 0 Å². The van der Waals surface area contributed by atoms with Gasteiger partial charge in [0.2, 0.25) is 5.91 Å². The van der Waals surface area contributed by atoms with Gasteiger partial charge in [-0.2, -0.15) is 0 Å². The van der Waals surface area contributed by atoms with Gasteiger partial charge in [-0.15, -0.1) is 0 Å². The van der Waals surface area contributed by atoms with Crippen molar-refractivity contribution in [2.45, 2.75) is 13.5 Å². The Labute approximate surface area is 201 Å². The van der Waals surface area contributed by atoms with E-state index in [1.54, 1.807) is 42.5 Å². The molecule has 0 aromatic heterocycles. The molecule has 3 aromatic rings. The third kappa shape index (κ3) is 6.69. The first kappa shape index (κ1) is 24.5. The van der Waals surface area contributed by atoms with E-state index >= 15 is 0 Å². The van der Waals surface area contributed by atoms with Crippen LogP contribution >= 0.6 is 11.6 Å². The summed E-state index contributed by atoms with van der Waals surface area (Å²) in [6.45, 7) is 2.39. The molecular formula is C24H23ClN4O5. The Morgan fingerprint density at radius 3 is 2.47 bits per heavy atom. The minimum atomic E-state index is -0.609. The summed E-state index contributed by atoms with van der Waals surface area (Å²) in [5.74, 6) is -0.368. The number of rotatable bonds is 10. The monoisotopic (exact) mass is 482 g/mol. The number of halogens is 1. The number of hydrogen-bond donors (Lipinski definition) is 3. The normalized spacial score (nSPS) is 10.3. The van der Waals surface area contributed by atoms with Crippen molar-refractivity contribution in [3.63, 3.8) is 0 Å². The van der Waals surface area contributed by atoms with Crippen molar-refractivity contribution in [1.82, 2.24) is 5.32 Å². The summed E-state index contributed by atoms with van der Waals surface area (Å²) < 4.78 is 5.34. The number of ether oxygens (including phenoxy) is 1. The van der Waals surface area contributed by atoms with Crippen LogP contribution in [-0.4, -0.2) is 29.9 Å². The van der Waals surface area contributed by atoms with Crippen molar-refractivity contribution in [2.24, 2.45) is 0 Å². The average Bonchev–Trinajstić information content (AvgIpc) is 2.83. The predicted octanol–water partition coefficient (Wildman–Crippen LogP) is 4.63. The van der Waals surface area contributed by atoms with Gasteiger partial charge < -0.3 is 20.7 Å². The number of carbonyl (C=O) groups is 2. The van der Waals surface area contributed by atoms with Gasteiger partial charge in [0.1, 0.15) is 11.4 Å². The van der Waals surface area contributed by atoms with Crippen LogP contribution < -0.4 is 20.7 Å². The minimum Gasteiger partial charge on any atom is -0.494 e. The highest BCUT2D eigenvalue weighted by Crippen LogP contribution is 2.27. The molecular weight excluding hydrogens is 460 g/mol. The van der Waals surface area contributed by atoms with Crippen molar-refractivity contribution in [1.29, 1.82) is 0 Å². The molecule has 3 rings (SSSR count). The summed E-state index contributed by atoms with van der Waals surface area (Å²) in [4.78, 5) is 35.6. The number of carbonyl (C=O) groups excluding carboxylic acids is 2. The molecule has 0 bridgehead atoms. The predicted molar refractivity (Wildman–Crippen MR) is 130 cm³/mol. The van der Waals surface area contributed by atoms with Gasteiger partial charge in [-0.1, -0.05) is 29.8 Å². The number of hydrogen-bond acceptors (Lipinski definition) is 6. The molecule has 0 spiro atoms. The molecule has 10 heteroatoms. The van der Waals surface area contributed by atoms with E-state index in [4.69, 9.17) is 16.3 Å². The zero-order valence-electron chi connectivity index (χ0n) is 18.3. The highest BCUT2D eigenvalue weighted by molar-refractivity contribution is 6.31. The zero-order valence-corrected chi connectivity index (χ0v) is 19.1. The topological polar surface area (TPSA) is 123 Å². The van der Waals surface area contributed by atoms with E-state index in [0.29, 0.717) is 23.1 Å². The first-order valence-corrected chi connectivity index (χ1v) is 10.8. The van der Waals surface area contributed by atoms with E-state index in [-0.39, 0.29) is 30.0 Å². The highest BCUT2D eigenvalue weighted by atomic mass is 35.5. The van der Waals surface area contributed by atoms with Gasteiger partial charge in [-0.25, -0.2) is 0 Å². The van der Waals surface area contributed by atoms with Gasteiger partial charge in [0.05, 0.1) is 18.1 Å². The Kier molecular flexibility index (Phi) is 8.42. The number of nitrogens with zero attached hydrogens (tertiary/aromatic N) is 1. The van der Waals surface area contributed by atoms with Crippen LogP contribution in [0.4, 0.5) is 17.1 Å². The lowest BCUT2D eigenvalue weighted by Crippen LogP contribution is -2.32. The number of anilines is 2. The van der Waals surface area contributed by atoms with Gasteiger partial charge in [0, 0.05) is 28.9 Å². The smallest absolute Gasteiger partial charge is 0.293 e. The standard InChI is InChI=1S/C24H23ClN4O5/c1-2-34-19-10-8-18(9-11-19)28-23(30)15-27-24(31)16-7-12-21(22(13-16)29(32)33)26-14-17-5-3-4-6-20(17)25/h3-13,26H,2,14-15H2,1H3,(H,27,31)(H,28,30). The van der Waals surface area contributed by atoms with Crippen molar-refractivity contribution >= 4 is 40.5 Å². The fourth-order valence-corrected chi connectivity index (χ4v) is 3.28. The van der Waals surface area contributed by atoms with Gasteiger partial charge in [-0.3, -0.25) is 19.7 Å². The van der Waals surface area contributed by atoms with Crippen LogP contribution in [0, 0.1) is 10.1 Å². The van der Waals surface area contributed by atoms with Crippen molar-refractivity contribution in [2.75, 3.05) is 23.8 Å². The summed E-state index contributed by atoms with van der Waals surface area (Å²) >= 11 is 6.13. The van der Waals surface area contributed by atoms with E-state index in [1.807, 2.05) is 13.0 Å². The Morgan fingerprint density at radius 1 is 1.06 bits per heavy atom. The summed E-state index contributed by atoms with van der Waals surface area (Å²) in [6, 6.07) is 18.0. The number of nitro groups is 1. The van der Waals surface area contributed by atoms with Crippen LogP contribution in [0.1, 0.15) is 22.8 Å². The van der Waals surface area contributed by atoms with E-state index in [1.165, 1.54) is 12.1 Å². The van der Waals surface area contributed by atoms with Crippen LogP contribution in [0.25, 0.3) is 0 Å². The molecule has 0 aliphatic carbocycles. The fraction of sp³-hybridized carbons (Fsp3) is 0.167. The molecule has 176 valence electrons. The van der Waals surface area contributed by atoms with E-state index in [2.05, 4.69) is 16.0 Å². The summed E-state index contributed by atoms with van der Waals surface area (Å²) in [5, 5.41) is 20.2. The maximum absolute atomic E-state index is 12.5. The van der Waals surface area contributed by atoms with Crippen molar-refractivity contribution in [3.8, 4) is 5.75 Å². The molecule has 9 nitrogen and oxygen atoms in total. The molecule has 34 heavy (non-hydrogen) atoms. The molecule has 0 atom stereocenters. The first-order valence-electron chi connectivity index (χ1n) is 10.4. The fourth-order valence-electron chi connectivity index (χ4n) is 3.07. The minimum absolute atomic E-state index is 0.0591. The van der Waals surface area contributed by atoms with E-state index in [0.717, 1.165) is 11.6 Å². The zero-order chi connectivity index (χ0) is 24.5. The molecule has 0 aliphatic rings. The largest absolute Gasteiger partial charge is 0.494 e.